The molecule has 6 N–H and O–H groups in total. The van der Waals surface area contributed by atoms with Gasteiger partial charge in [-0.05, 0) is 38.5 Å². The molecule has 1 saturated heterocycles. The number of nitrogens with one attached hydrogen (secondary N) is 1. The number of ether oxygens (including phenoxy) is 2. The van der Waals surface area contributed by atoms with E-state index in [0.717, 1.165) is 51.4 Å². The molecule has 0 aliphatic carbocycles. The normalized spacial score (nSPS) is 23.2. The van der Waals surface area contributed by atoms with Gasteiger partial charge in [0.15, 0.2) is 6.29 Å². The van der Waals surface area contributed by atoms with Crippen LogP contribution in [-0.2, 0) is 14.3 Å². The van der Waals surface area contributed by atoms with Crippen LogP contribution in [0.25, 0.3) is 0 Å². The van der Waals surface area contributed by atoms with Crippen LogP contribution in [0.3, 0.4) is 0 Å². The van der Waals surface area contributed by atoms with Crippen LogP contribution in [0.15, 0.2) is 12.2 Å². The largest absolute Gasteiger partial charge is 0.394 e. The topological polar surface area (TPSA) is 149 Å². The minimum absolute atomic E-state index is 0.140. The van der Waals surface area contributed by atoms with Crippen molar-refractivity contribution >= 4 is 5.91 Å². The van der Waals surface area contributed by atoms with Gasteiger partial charge in [-0.25, -0.2) is 0 Å². The molecule has 0 radical (unpaired) electrons. The van der Waals surface area contributed by atoms with Crippen LogP contribution in [0.1, 0.15) is 162 Å². The van der Waals surface area contributed by atoms with E-state index in [1.807, 2.05) is 0 Å². The molecule has 9 nitrogen and oxygen atoms in total. The van der Waals surface area contributed by atoms with Gasteiger partial charge in [0.1, 0.15) is 24.4 Å². The Morgan fingerprint density at radius 3 is 1.76 bits per heavy atom. The van der Waals surface area contributed by atoms with Gasteiger partial charge in [-0.3, -0.25) is 4.79 Å². The fourth-order valence-corrected chi connectivity index (χ4v) is 5.98. The van der Waals surface area contributed by atoms with Gasteiger partial charge in [-0.15, -0.1) is 0 Å². The van der Waals surface area contributed by atoms with Gasteiger partial charge in [0, 0.05) is 6.42 Å². The van der Waals surface area contributed by atoms with Crippen LogP contribution in [0.5, 0.6) is 0 Å². The van der Waals surface area contributed by atoms with Crippen molar-refractivity contribution in [3.05, 3.63) is 12.2 Å². The summed E-state index contributed by atoms with van der Waals surface area (Å²) in [5.74, 6) is -0.158. The van der Waals surface area contributed by atoms with Crippen molar-refractivity contribution in [1.82, 2.24) is 5.32 Å². The van der Waals surface area contributed by atoms with Crippen LogP contribution in [0, 0.1) is 0 Å². The number of hydrogen-bond donors (Lipinski definition) is 6. The standard InChI is InChI=1S/C37H71NO8/c1-3-5-7-9-11-12-13-14-15-16-17-18-19-21-23-25-27-33(41)38-30(31(40)26-24-22-20-10-8-6-4-2)29-45-37-36(44)35(43)34(42)32(28-39)46-37/h15-16,30-32,34-37,39-40,42-44H,3-14,17-29H2,1-2H3,(H,38,41)/b16-15-. The zero-order chi connectivity index (χ0) is 33.8. The van der Waals surface area contributed by atoms with Crippen LogP contribution in [0.4, 0.5) is 0 Å². The van der Waals surface area contributed by atoms with Gasteiger partial charge >= 0.3 is 0 Å². The number of aliphatic hydroxyl groups excluding tert-OH is 5. The van der Waals surface area contributed by atoms with Crippen molar-refractivity contribution in [3.8, 4) is 0 Å². The summed E-state index contributed by atoms with van der Waals surface area (Å²) in [6, 6.07) is -0.715. The van der Waals surface area contributed by atoms with E-state index in [9.17, 15) is 30.3 Å². The van der Waals surface area contributed by atoms with E-state index in [1.54, 1.807) is 0 Å². The van der Waals surface area contributed by atoms with Crippen molar-refractivity contribution in [2.24, 2.45) is 0 Å². The Hall–Kier alpha value is -1.07. The van der Waals surface area contributed by atoms with E-state index in [4.69, 9.17) is 9.47 Å². The maximum atomic E-state index is 12.8. The Bertz CT molecular complexity index is 736. The second-order valence-electron chi connectivity index (χ2n) is 13.4. The first-order chi connectivity index (χ1) is 22.3. The summed E-state index contributed by atoms with van der Waals surface area (Å²) in [4.78, 5) is 12.8. The Balaban J connectivity index is 2.37. The monoisotopic (exact) mass is 658 g/mol. The van der Waals surface area contributed by atoms with Gasteiger partial charge in [0.05, 0.1) is 25.4 Å². The highest BCUT2D eigenvalue weighted by Crippen LogP contribution is 2.23. The first kappa shape index (κ1) is 43.0. The van der Waals surface area contributed by atoms with Crippen molar-refractivity contribution < 1.29 is 39.8 Å². The molecule has 7 atom stereocenters. The van der Waals surface area contributed by atoms with Gasteiger partial charge in [-0.2, -0.15) is 0 Å². The molecular weight excluding hydrogens is 586 g/mol. The van der Waals surface area contributed by atoms with E-state index >= 15 is 0 Å². The lowest BCUT2D eigenvalue weighted by molar-refractivity contribution is -0.302. The van der Waals surface area contributed by atoms with Crippen molar-refractivity contribution in [1.29, 1.82) is 0 Å². The summed E-state index contributed by atoms with van der Waals surface area (Å²) < 4.78 is 11.1. The second-order valence-corrected chi connectivity index (χ2v) is 13.4. The van der Waals surface area contributed by atoms with Crippen LogP contribution >= 0.6 is 0 Å². The Morgan fingerprint density at radius 2 is 1.22 bits per heavy atom. The molecule has 1 aliphatic heterocycles. The molecule has 1 fully saturated rings. The summed E-state index contributed by atoms with van der Waals surface area (Å²) >= 11 is 0. The maximum Gasteiger partial charge on any atom is 0.220 e. The molecule has 9 heteroatoms. The zero-order valence-corrected chi connectivity index (χ0v) is 29.3. The number of amides is 1. The third-order valence-corrected chi connectivity index (χ3v) is 9.12. The Kier molecular flexibility index (Phi) is 27.0. The predicted octanol–water partition coefficient (Wildman–Crippen LogP) is 6.22. The second kappa shape index (κ2) is 28.9. The van der Waals surface area contributed by atoms with Gasteiger partial charge < -0.3 is 40.3 Å². The average molecular weight is 658 g/mol. The lowest BCUT2D eigenvalue weighted by atomic mass is 9.99. The van der Waals surface area contributed by atoms with Crippen molar-refractivity contribution in [2.75, 3.05) is 13.2 Å². The molecule has 1 heterocycles. The molecule has 0 aromatic carbocycles. The fourth-order valence-electron chi connectivity index (χ4n) is 5.98. The number of aliphatic hydroxyl groups is 5. The number of unbranched alkanes of at least 4 members (excludes halogenated alkanes) is 18. The first-order valence-corrected chi connectivity index (χ1v) is 18.9. The van der Waals surface area contributed by atoms with Crippen LogP contribution in [-0.4, -0.2) is 87.5 Å². The molecule has 272 valence electrons. The molecule has 0 bridgehead atoms. The molecule has 46 heavy (non-hydrogen) atoms. The molecule has 1 rings (SSSR count). The number of rotatable bonds is 30. The highest BCUT2D eigenvalue weighted by Gasteiger charge is 2.44. The molecule has 0 spiro atoms. The maximum absolute atomic E-state index is 12.8. The van der Waals surface area contributed by atoms with E-state index in [0.29, 0.717) is 12.8 Å². The number of allylic oxidation sites excluding steroid dienone is 2. The smallest absolute Gasteiger partial charge is 0.220 e. The SMILES string of the molecule is CCCCCCCCC/C=C\CCCCCCCC(=O)NC(COC1OC(CO)C(O)C(O)C1O)C(O)CCCCCCCCC. The van der Waals surface area contributed by atoms with Gasteiger partial charge in [-0.1, -0.05) is 129 Å². The summed E-state index contributed by atoms with van der Waals surface area (Å²) in [5, 5.41) is 53.8. The summed E-state index contributed by atoms with van der Waals surface area (Å²) in [6.07, 6.45) is 22.4. The Morgan fingerprint density at radius 1 is 0.717 bits per heavy atom. The highest BCUT2D eigenvalue weighted by atomic mass is 16.7. The summed E-state index contributed by atoms with van der Waals surface area (Å²) in [6.45, 7) is 3.75. The number of hydrogen-bond acceptors (Lipinski definition) is 8. The van der Waals surface area contributed by atoms with E-state index < -0.39 is 49.5 Å². The van der Waals surface area contributed by atoms with E-state index in [2.05, 4.69) is 31.3 Å². The van der Waals surface area contributed by atoms with Crippen molar-refractivity contribution in [2.45, 2.75) is 204 Å². The minimum Gasteiger partial charge on any atom is -0.394 e. The molecule has 7 unspecified atom stereocenters. The molecular formula is C37H71NO8. The van der Waals surface area contributed by atoms with Crippen molar-refractivity contribution in [3.63, 3.8) is 0 Å². The van der Waals surface area contributed by atoms with Gasteiger partial charge in [0.25, 0.3) is 0 Å². The number of carbonyl (C=O) groups is 1. The first-order valence-electron chi connectivity index (χ1n) is 18.9. The minimum atomic E-state index is -1.55. The molecule has 0 aromatic rings. The average Bonchev–Trinajstić information content (AvgIpc) is 3.05. The van der Waals surface area contributed by atoms with E-state index in [1.165, 1.54) is 83.5 Å². The zero-order valence-electron chi connectivity index (χ0n) is 29.3. The third kappa shape index (κ3) is 20.3. The summed E-state index contributed by atoms with van der Waals surface area (Å²) in [5.41, 5.74) is 0. The lowest BCUT2D eigenvalue weighted by Gasteiger charge is -2.40. The van der Waals surface area contributed by atoms with Crippen LogP contribution in [0.2, 0.25) is 0 Å². The van der Waals surface area contributed by atoms with Crippen LogP contribution < -0.4 is 5.32 Å². The predicted molar refractivity (Wildman–Crippen MR) is 184 cm³/mol. The molecule has 0 aromatic heterocycles. The fraction of sp³-hybridized carbons (Fsp3) is 0.919. The number of carbonyl (C=O) groups excluding carboxylic acids is 1. The quantitative estimate of drug-likeness (QED) is 0.0394. The van der Waals surface area contributed by atoms with Gasteiger partial charge in [0.2, 0.25) is 5.91 Å². The molecule has 0 saturated carbocycles. The molecule has 1 aliphatic rings. The highest BCUT2D eigenvalue weighted by molar-refractivity contribution is 5.76. The summed E-state index contributed by atoms with van der Waals surface area (Å²) in [7, 11) is 0. The van der Waals surface area contributed by atoms with E-state index in [-0.39, 0.29) is 12.5 Å². The Labute approximate surface area is 280 Å². The third-order valence-electron chi connectivity index (χ3n) is 9.12. The molecule has 1 amide bonds. The lowest BCUT2D eigenvalue weighted by Crippen LogP contribution is -2.60.